The Bertz CT molecular complexity index is 907. The summed E-state index contributed by atoms with van der Waals surface area (Å²) >= 11 is 1.38. The zero-order valence-electron chi connectivity index (χ0n) is 12.6. The van der Waals surface area contributed by atoms with Crippen LogP contribution in [0, 0.1) is 11.3 Å². The molecule has 0 saturated heterocycles. The van der Waals surface area contributed by atoms with Crippen molar-refractivity contribution in [1.29, 1.82) is 5.26 Å². The highest BCUT2D eigenvalue weighted by Crippen LogP contribution is 2.28. The fourth-order valence-electron chi connectivity index (χ4n) is 2.14. The van der Waals surface area contributed by atoms with Gasteiger partial charge < -0.3 is 10.1 Å². The molecule has 0 spiro atoms. The molecule has 3 aromatic rings. The van der Waals surface area contributed by atoms with E-state index in [-0.39, 0.29) is 11.4 Å². The standard InChI is InChI=1S/C16H13N5OS/c1-22-15-12(9-17)14(20-16(21-15)23-2)19-11-5-6-13-10(8-11)4-3-7-18-13/h3-8H,1-2H3,(H,19,20,21). The summed E-state index contributed by atoms with van der Waals surface area (Å²) in [5.41, 5.74) is 2.00. The van der Waals surface area contributed by atoms with E-state index in [1.54, 1.807) is 6.20 Å². The molecule has 2 heterocycles. The molecule has 0 atom stereocenters. The first-order valence-corrected chi connectivity index (χ1v) is 7.99. The van der Waals surface area contributed by atoms with Crippen LogP contribution < -0.4 is 10.1 Å². The normalized spacial score (nSPS) is 10.3. The minimum Gasteiger partial charge on any atom is -0.480 e. The van der Waals surface area contributed by atoms with E-state index in [1.807, 2.05) is 36.6 Å². The molecule has 0 bridgehead atoms. The molecule has 0 aliphatic carbocycles. The maximum absolute atomic E-state index is 9.38. The van der Waals surface area contributed by atoms with Gasteiger partial charge >= 0.3 is 0 Å². The predicted octanol–water partition coefficient (Wildman–Crippen LogP) is 3.37. The Labute approximate surface area is 137 Å². The number of hydrogen-bond acceptors (Lipinski definition) is 7. The molecular formula is C16H13N5OS. The van der Waals surface area contributed by atoms with Gasteiger partial charge in [-0.15, -0.1) is 0 Å². The van der Waals surface area contributed by atoms with Crippen molar-refractivity contribution < 1.29 is 4.74 Å². The molecule has 23 heavy (non-hydrogen) atoms. The molecule has 1 aromatic carbocycles. The number of rotatable bonds is 4. The van der Waals surface area contributed by atoms with E-state index in [1.165, 1.54) is 18.9 Å². The highest BCUT2D eigenvalue weighted by atomic mass is 32.2. The lowest BCUT2D eigenvalue weighted by molar-refractivity contribution is 0.391. The van der Waals surface area contributed by atoms with Crippen molar-refractivity contribution in [2.75, 3.05) is 18.7 Å². The number of pyridine rings is 1. The van der Waals surface area contributed by atoms with Crippen LogP contribution in [0.5, 0.6) is 5.88 Å². The first kappa shape index (κ1) is 15.1. The number of anilines is 2. The van der Waals surface area contributed by atoms with Crippen LogP contribution in [0.2, 0.25) is 0 Å². The second-order valence-corrected chi connectivity index (χ2v) is 5.36. The highest BCUT2D eigenvalue weighted by Gasteiger charge is 2.15. The maximum atomic E-state index is 9.38. The zero-order chi connectivity index (χ0) is 16.2. The van der Waals surface area contributed by atoms with Crippen molar-refractivity contribution in [2.45, 2.75) is 5.16 Å². The fraction of sp³-hybridized carbons (Fsp3) is 0.125. The van der Waals surface area contributed by atoms with E-state index < -0.39 is 0 Å². The summed E-state index contributed by atoms with van der Waals surface area (Å²) in [5, 5.41) is 14.1. The van der Waals surface area contributed by atoms with Gasteiger partial charge in [-0.1, -0.05) is 17.8 Å². The van der Waals surface area contributed by atoms with Crippen molar-refractivity contribution in [1.82, 2.24) is 15.0 Å². The lowest BCUT2D eigenvalue weighted by Gasteiger charge is -2.11. The molecule has 0 amide bonds. The van der Waals surface area contributed by atoms with Crippen molar-refractivity contribution in [3.8, 4) is 11.9 Å². The third kappa shape index (κ3) is 3.03. The Morgan fingerprint density at radius 2 is 2.13 bits per heavy atom. The van der Waals surface area contributed by atoms with E-state index in [4.69, 9.17) is 4.74 Å². The van der Waals surface area contributed by atoms with E-state index in [9.17, 15) is 5.26 Å². The summed E-state index contributed by atoms with van der Waals surface area (Å²) in [7, 11) is 1.48. The van der Waals surface area contributed by atoms with Gasteiger partial charge in [0.2, 0.25) is 5.88 Å². The average molecular weight is 323 g/mol. The number of methoxy groups -OCH3 is 1. The van der Waals surface area contributed by atoms with Crippen molar-refractivity contribution in [3.63, 3.8) is 0 Å². The van der Waals surface area contributed by atoms with E-state index in [2.05, 4.69) is 26.3 Å². The van der Waals surface area contributed by atoms with Gasteiger partial charge in [-0.25, -0.2) is 4.98 Å². The number of ether oxygens (including phenoxy) is 1. The summed E-state index contributed by atoms with van der Waals surface area (Å²) in [4.78, 5) is 12.8. The summed E-state index contributed by atoms with van der Waals surface area (Å²) in [6, 6.07) is 11.7. The van der Waals surface area contributed by atoms with E-state index >= 15 is 0 Å². The number of nitriles is 1. The molecule has 0 aliphatic rings. The molecule has 2 aromatic heterocycles. The van der Waals surface area contributed by atoms with Gasteiger partial charge in [-0.2, -0.15) is 10.2 Å². The maximum Gasteiger partial charge on any atom is 0.237 e. The summed E-state index contributed by atoms with van der Waals surface area (Å²) in [6.07, 6.45) is 3.62. The van der Waals surface area contributed by atoms with Gasteiger partial charge in [0.05, 0.1) is 12.6 Å². The number of nitrogens with one attached hydrogen (secondary N) is 1. The number of aromatic nitrogens is 3. The summed E-state index contributed by atoms with van der Waals surface area (Å²) < 4.78 is 5.19. The lowest BCUT2D eigenvalue weighted by atomic mass is 10.2. The number of benzene rings is 1. The number of thioether (sulfide) groups is 1. The van der Waals surface area contributed by atoms with Gasteiger partial charge in [-0.3, -0.25) is 4.98 Å². The predicted molar refractivity (Wildman–Crippen MR) is 90.1 cm³/mol. The van der Waals surface area contributed by atoms with Crippen LogP contribution in [0.4, 0.5) is 11.5 Å². The Morgan fingerprint density at radius 1 is 1.26 bits per heavy atom. The second kappa shape index (κ2) is 6.50. The van der Waals surface area contributed by atoms with Crippen LogP contribution in [-0.4, -0.2) is 28.3 Å². The van der Waals surface area contributed by atoms with Gasteiger partial charge in [0.15, 0.2) is 16.5 Å². The Balaban J connectivity index is 2.05. The molecule has 0 radical (unpaired) electrons. The monoisotopic (exact) mass is 323 g/mol. The molecule has 3 rings (SSSR count). The minimum atomic E-state index is 0.261. The molecule has 0 fully saturated rings. The van der Waals surface area contributed by atoms with Gasteiger partial charge in [-0.05, 0) is 30.5 Å². The van der Waals surface area contributed by atoms with E-state index in [0.29, 0.717) is 11.0 Å². The fourth-order valence-corrected chi connectivity index (χ4v) is 2.50. The first-order chi connectivity index (χ1) is 11.2. The third-order valence-electron chi connectivity index (χ3n) is 3.21. The Kier molecular flexibility index (Phi) is 4.26. The quantitative estimate of drug-likeness (QED) is 0.582. The van der Waals surface area contributed by atoms with Crippen LogP contribution in [0.25, 0.3) is 10.9 Å². The average Bonchev–Trinajstić information content (AvgIpc) is 2.60. The number of nitrogens with zero attached hydrogens (tertiary/aromatic N) is 4. The van der Waals surface area contributed by atoms with Crippen molar-refractivity contribution >= 4 is 34.2 Å². The van der Waals surface area contributed by atoms with Gasteiger partial charge in [0, 0.05) is 17.3 Å². The van der Waals surface area contributed by atoms with Crippen molar-refractivity contribution in [3.05, 3.63) is 42.1 Å². The SMILES string of the molecule is COc1nc(SC)nc(Nc2ccc3ncccc3c2)c1C#N. The topological polar surface area (TPSA) is 83.7 Å². The number of fused-ring (bicyclic) bond motifs is 1. The zero-order valence-corrected chi connectivity index (χ0v) is 13.4. The lowest BCUT2D eigenvalue weighted by Crippen LogP contribution is -2.03. The second-order valence-electron chi connectivity index (χ2n) is 4.59. The largest absolute Gasteiger partial charge is 0.480 e. The van der Waals surface area contributed by atoms with Gasteiger partial charge in [0.25, 0.3) is 0 Å². The van der Waals surface area contributed by atoms with Crippen LogP contribution in [0.1, 0.15) is 5.56 Å². The molecule has 0 unspecified atom stereocenters. The first-order valence-electron chi connectivity index (χ1n) is 6.77. The summed E-state index contributed by atoms with van der Waals surface area (Å²) in [6.45, 7) is 0. The Morgan fingerprint density at radius 3 is 2.87 bits per heavy atom. The van der Waals surface area contributed by atoms with Crippen LogP contribution in [0.3, 0.4) is 0 Å². The van der Waals surface area contributed by atoms with Crippen molar-refractivity contribution in [2.24, 2.45) is 0 Å². The molecular weight excluding hydrogens is 310 g/mol. The summed E-state index contributed by atoms with van der Waals surface area (Å²) in [5.74, 6) is 0.684. The molecule has 1 N–H and O–H groups in total. The minimum absolute atomic E-state index is 0.261. The smallest absolute Gasteiger partial charge is 0.237 e. The third-order valence-corrected chi connectivity index (χ3v) is 3.76. The molecule has 0 saturated carbocycles. The van der Waals surface area contributed by atoms with Crippen LogP contribution in [-0.2, 0) is 0 Å². The molecule has 6 nitrogen and oxygen atoms in total. The van der Waals surface area contributed by atoms with Crippen LogP contribution >= 0.6 is 11.8 Å². The van der Waals surface area contributed by atoms with E-state index in [0.717, 1.165) is 16.6 Å². The molecule has 7 heteroatoms. The number of hydrogen-bond donors (Lipinski definition) is 1. The van der Waals surface area contributed by atoms with Crippen LogP contribution in [0.15, 0.2) is 41.7 Å². The highest BCUT2D eigenvalue weighted by molar-refractivity contribution is 7.98. The molecule has 114 valence electrons. The van der Waals surface area contributed by atoms with Gasteiger partial charge in [0.1, 0.15) is 6.07 Å². The molecule has 0 aliphatic heterocycles. The Hall–Kier alpha value is -2.85.